The van der Waals surface area contributed by atoms with Gasteiger partial charge in [-0.15, -0.1) is 0 Å². The van der Waals surface area contributed by atoms with Crippen molar-refractivity contribution in [3.8, 4) is 0 Å². The van der Waals surface area contributed by atoms with Crippen LogP contribution in [0.3, 0.4) is 0 Å². The van der Waals surface area contributed by atoms with Gasteiger partial charge in [-0.25, -0.2) is 0 Å². The molecule has 0 atom stereocenters. The van der Waals surface area contributed by atoms with Crippen LogP contribution in [-0.4, -0.2) is 475 Å². The molecule has 0 saturated heterocycles. The van der Waals surface area contributed by atoms with Gasteiger partial charge in [0, 0.05) is 7.11 Å². The lowest BCUT2D eigenvalue weighted by atomic mass is 10.6. The fourth-order valence-electron chi connectivity index (χ4n) is 7.57. The van der Waals surface area contributed by atoms with E-state index >= 15 is 0 Å². The molecule has 0 aliphatic heterocycles. The van der Waals surface area contributed by atoms with Crippen molar-refractivity contribution in [3.63, 3.8) is 0 Å². The first-order valence-electron chi connectivity index (χ1n) is 38.1. The predicted octanol–water partition coefficient (Wildman–Crippen LogP) is 0.189. The molecule has 0 spiro atoms. The first kappa shape index (κ1) is 106. The van der Waals surface area contributed by atoms with Gasteiger partial charge in [-0.05, 0) is 0 Å². The highest BCUT2D eigenvalue weighted by Gasteiger charge is 2.03. The average Bonchev–Trinajstić information content (AvgIpc) is 3.82. The van der Waals surface area contributed by atoms with Crippen LogP contribution in [0.4, 0.5) is 0 Å². The maximum absolute atomic E-state index is 8.62. The normalized spacial score (nSPS) is 11.8. The molecule has 0 bridgehead atoms. The van der Waals surface area contributed by atoms with E-state index in [9.17, 15) is 0 Å². The molecule has 0 aromatic carbocycles. The lowest BCUT2D eigenvalue weighted by Gasteiger charge is -2.09. The summed E-state index contributed by atoms with van der Waals surface area (Å²) in [5.74, 6) is 0. The van der Waals surface area contributed by atoms with E-state index in [1.807, 2.05) is 0 Å². The third-order valence-electron chi connectivity index (χ3n) is 12.9. The Morgan fingerprint density at radius 3 is 0.206 bits per heavy atom. The maximum Gasteiger partial charge on any atom is 0.0701 e. The van der Waals surface area contributed by atoms with Crippen LogP contribution < -0.4 is 0 Å². The minimum Gasteiger partial charge on any atom is -0.394 e. The molecule has 0 aliphatic rings. The van der Waals surface area contributed by atoms with Crippen molar-refractivity contribution in [1.82, 2.24) is 0 Å². The monoisotopic (exact) mass is 1570 g/mol. The van der Waals surface area contributed by atoms with E-state index in [0.717, 1.165) is 0 Å². The highest BCUT2D eigenvalue weighted by atomic mass is 16.6. The van der Waals surface area contributed by atoms with Crippen molar-refractivity contribution in [3.05, 3.63) is 0 Å². The zero-order valence-electron chi connectivity index (χ0n) is 65.2. The van der Waals surface area contributed by atoms with Crippen LogP contribution in [0.5, 0.6) is 0 Å². The molecule has 0 unspecified atom stereocenters. The van der Waals surface area contributed by atoms with Crippen LogP contribution in [0.15, 0.2) is 0 Å². The van der Waals surface area contributed by atoms with Crippen molar-refractivity contribution in [2.45, 2.75) is 0 Å². The summed E-state index contributed by atoms with van der Waals surface area (Å²) in [6.45, 7) is 33.6. The fourth-order valence-corrected chi connectivity index (χ4v) is 7.57. The lowest BCUT2D eigenvalue weighted by Crippen LogP contribution is -2.16. The number of ether oxygens (including phenoxy) is 35. The molecule has 0 aliphatic carbocycles. The Kier molecular flexibility index (Phi) is 103. The van der Waals surface area contributed by atoms with E-state index < -0.39 is 0 Å². The smallest absolute Gasteiger partial charge is 0.0701 e. The molecule has 0 aromatic rings. The standard InChI is InChI=1S/C71H144O36/c1-73-4-5-75-8-9-77-12-13-79-16-17-81-20-21-83-24-25-85-28-29-87-32-33-89-36-37-91-40-41-93-44-45-95-48-49-97-52-53-99-56-57-101-60-61-103-64-65-105-68-69-107-71-70-106-67-66-104-63-62-102-59-58-100-55-54-98-51-50-96-47-46-94-43-42-92-39-38-90-35-34-88-31-30-86-27-26-84-23-22-82-19-18-80-15-14-78-11-10-76-7-6-74-3-2-72/h72H,2-71H2,1H3. The Bertz CT molecular complexity index is 1390. The zero-order chi connectivity index (χ0) is 76.2. The summed E-state index contributed by atoms with van der Waals surface area (Å²) in [4.78, 5) is 0. The number of hydrogen-bond donors (Lipinski definition) is 1. The summed E-state index contributed by atoms with van der Waals surface area (Å²) in [5.41, 5.74) is 0. The summed E-state index contributed by atoms with van der Waals surface area (Å²) < 4.78 is 192. The van der Waals surface area contributed by atoms with Crippen LogP contribution in [-0.2, 0) is 166 Å². The van der Waals surface area contributed by atoms with E-state index in [2.05, 4.69) is 0 Å². The van der Waals surface area contributed by atoms with Crippen LogP contribution in [0.1, 0.15) is 0 Å². The second-order valence-corrected chi connectivity index (χ2v) is 21.5. The van der Waals surface area contributed by atoms with Gasteiger partial charge < -0.3 is 171 Å². The highest BCUT2D eigenvalue weighted by Crippen LogP contribution is 1.94. The van der Waals surface area contributed by atoms with Crippen LogP contribution in [0.2, 0.25) is 0 Å². The largest absolute Gasteiger partial charge is 0.394 e. The topological polar surface area (TPSA) is 343 Å². The third-order valence-corrected chi connectivity index (χ3v) is 12.9. The Morgan fingerprint density at radius 2 is 0.150 bits per heavy atom. The molecule has 0 saturated carbocycles. The molecule has 36 nitrogen and oxygen atoms in total. The predicted molar refractivity (Wildman–Crippen MR) is 387 cm³/mol. The first-order valence-corrected chi connectivity index (χ1v) is 38.1. The van der Waals surface area contributed by atoms with Gasteiger partial charge in [0.05, 0.1) is 462 Å². The molecule has 0 aromatic heterocycles. The second kappa shape index (κ2) is 105. The van der Waals surface area contributed by atoms with Gasteiger partial charge in [0.15, 0.2) is 0 Å². The molecule has 0 rings (SSSR count). The van der Waals surface area contributed by atoms with Crippen molar-refractivity contribution < 1.29 is 171 Å². The SMILES string of the molecule is COCCOCCOCCOCCOCCOCCOCCOCCOCCOCCOCCOCCOCCOCCOCCOCCOCCOCCOCCOCCOCCOCCOCCOCCOCCOCCOCCOCCOCCOCCOCCOCCOCCOCCOCCO. The van der Waals surface area contributed by atoms with Crippen LogP contribution in [0.25, 0.3) is 0 Å². The van der Waals surface area contributed by atoms with Gasteiger partial charge in [0.1, 0.15) is 0 Å². The summed E-state index contributed by atoms with van der Waals surface area (Å²) in [5, 5.41) is 8.62. The van der Waals surface area contributed by atoms with Gasteiger partial charge in [-0.1, -0.05) is 0 Å². The Labute approximate surface area is 638 Å². The maximum atomic E-state index is 8.62. The van der Waals surface area contributed by atoms with E-state index in [1.165, 1.54) is 0 Å². The summed E-state index contributed by atoms with van der Waals surface area (Å²) >= 11 is 0. The van der Waals surface area contributed by atoms with Crippen LogP contribution >= 0.6 is 0 Å². The zero-order valence-corrected chi connectivity index (χ0v) is 65.2. The van der Waals surface area contributed by atoms with Crippen molar-refractivity contribution in [1.29, 1.82) is 0 Å². The number of hydrogen-bond acceptors (Lipinski definition) is 36. The van der Waals surface area contributed by atoms with Crippen LogP contribution in [0, 0.1) is 0 Å². The van der Waals surface area contributed by atoms with Gasteiger partial charge in [-0.3, -0.25) is 0 Å². The second-order valence-electron chi connectivity index (χ2n) is 21.5. The molecule has 36 heteroatoms. The quantitative estimate of drug-likeness (QED) is 0.0794. The average molecular weight is 1570 g/mol. The Hall–Kier alpha value is -1.44. The van der Waals surface area contributed by atoms with Gasteiger partial charge >= 0.3 is 0 Å². The van der Waals surface area contributed by atoms with E-state index in [4.69, 9.17) is 171 Å². The van der Waals surface area contributed by atoms with Gasteiger partial charge in [-0.2, -0.15) is 0 Å². The molecular formula is C71H144O36. The third kappa shape index (κ3) is 105. The minimum atomic E-state index is 0.0157. The van der Waals surface area contributed by atoms with E-state index in [1.54, 1.807) is 7.11 Å². The first-order chi connectivity index (χ1) is 53.4. The highest BCUT2D eigenvalue weighted by molar-refractivity contribution is 4.46. The summed E-state index contributed by atoms with van der Waals surface area (Å²) in [7, 11) is 1.64. The number of aliphatic hydroxyl groups is 1. The van der Waals surface area contributed by atoms with Gasteiger partial charge in [0.2, 0.25) is 0 Å². The molecule has 1 N–H and O–H groups in total. The molecule has 0 fully saturated rings. The van der Waals surface area contributed by atoms with Crippen molar-refractivity contribution in [2.75, 3.05) is 470 Å². The molecule has 0 radical (unpaired) electrons. The lowest BCUT2D eigenvalue weighted by molar-refractivity contribution is -0.0327. The van der Waals surface area contributed by atoms with Crippen molar-refractivity contribution in [2.24, 2.45) is 0 Å². The number of rotatable bonds is 104. The van der Waals surface area contributed by atoms with E-state index in [0.29, 0.717) is 456 Å². The fraction of sp³-hybridized carbons (Fsp3) is 1.00. The number of aliphatic hydroxyl groups excluding tert-OH is 1. The number of methoxy groups -OCH3 is 1. The molecular weight excluding hydrogens is 1430 g/mol. The van der Waals surface area contributed by atoms with Gasteiger partial charge in [0.25, 0.3) is 0 Å². The molecule has 644 valence electrons. The molecule has 0 heterocycles. The molecule has 107 heavy (non-hydrogen) atoms. The van der Waals surface area contributed by atoms with E-state index in [-0.39, 0.29) is 6.61 Å². The summed E-state index contributed by atoms with van der Waals surface area (Å²) in [6.07, 6.45) is 0. The van der Waals surface area contributed by atoms with Crippen molar-refractivity contribution >= 4 is 0 Å². The Balaban J connectivity index is 3.09. The molecule has 0 amide bonds. The summed E-state index contributed by atoms with van der Waals surface area (Å²) in [6, 6.07) is 0. The minimum absolute atomic E-state index is 0.0157. The Morgan fingerprint density at radius 1 is 0.0935 bits per heavy atom.